The van der Waals surface area contributed by atoms with Crippen LogP contribution in [0.15, 0.2) is 42.5 Å². The van der Waals surface area contributed by atoms with Gasteiger partial charge in [-0.05, 0) is 62.4 Å². The summed E-state index contributed by atoms with van der Waals surface area (Å²) in [5, 5.41) is 3.52. The summed E-state index contributed by atoms with van der Waals surface area (Å²) in [4.78, 5) is 28.0. The molecule has 2 amide bonds. The summed E-state index contributed by atoms with van der Waals surface area (Å²) < 4.78 is 11.3. The number of halogens is 1. The second-order valence-electron chi connectivity index (χ2n) is 7.98. The van der Waals surface area contributed by atoms with E-state index in [1.807, 2.05) is 64.1 Å². The maximum Gasteiger partial charge on any atom is 0.242 e. The quantitative estimate of drug-likeness (QED) is 0.386. The van der Waals surface area contributed by atoms with Crippen molar-refractivity contribution < 1.29 is 19.1 Å². The van der Waals surface area contributed by atoms with Gasteiger partial charge in [-0.25, -0.2) is 0 Å². The number of nitrogens with zero attached hydrogens (tertiary/aromatic N) is 1. The molecule has 0 aliphatic heterocycles. The molecule has 0 saturated carbocycles. The Morgan fingerprint density at radius 1 is 1.00 bits per heavy atom. The Bertz CT molecular complexity index is 935. The highest BCUT2D eigenvalue weighted by molar-refractivity contribution is 6.31. The van der Waals surface area contributed by atoms with Gasteiger partial charge < -0.3 is 19.7 Å². The van der Waals surface area contributed by atoms with E-state index in [0.29, 0.717) is 49.1 Å². The van der Waals surface area contributed by atoms with Crippen molar-refractivity contribution in [2.75, 3.05) is 19.8 Å². The van der Waals surface area contributed by atoms with E-state index in [-0.39, 0.29) is 24.8 Å². The van der Waals surface area contributed by atoms with Crippen LogP contribution in [0, 0.1) is 0 Å². The van der Waals surface area contributed by atoms with E-state index in [4.69, 9.17) is 21.1 Å². The Kier molecular flexibility index (Phi) is 11.7. The molecule has 1 N–H and O–H groups in total. The van der Waals surface area contributed by atoms with Crippen LogP contribution in [0.25, 0.3) is 0 Å². The van der Waals surface area contributed by atoms with Gasteiger partial charge in [0.05, 0.1) is 13.2 Å². The van der Waals surface area contributed by atoms with Gasteiger partial charge in [-0.15, -0.1) is 0 Å². The maximum absolute atomic E-state index is 13.4. The zero-order chi connectivity index (χ0) is 24.9. The highest BCUT2D eigenvalue weighted by atomic mass is 35.5. The molecule has 1 atom stereocenters. The fourth-order valence-electron chi connectivity index (χ4n) is 3.74. The summed E-state index contributed by atoms with van der Waals surface area (Å²) in [6.45, 7) is 9.71. The molecule has 0 spiro atoms. The van der Waals surface area contributed by atoms with Crippen molar-refractivity contribution in [3.8, 4) is 11.5 Å². The second kappa shape index (κ2) is 14.5. The lowest BCUT2D eigenvalue weighted by Crippen LogP contribution is -2.49. The number of aryl methyl sites for hydroxylation is 1. The molecule has 7 heteroatoms. The van der Waals surface area contributed by atoms with Gasteiger partial charge >= 0.3 is 0 Å². The van der Waals surface area contributed by atoms with Crippen molar-refractivity contribution >= 4 is 23.4 Å². The van der Waals surface area contributed by atoms with Crippen molar-refractivity contribution in [2.45, 2.75) is 66.0 Å². The Balaban J connectivity index is 2.22. The van der Waals surface area contributed by atoms with Crippen LogP contribution in [0.2, 0.25) is 5.02 Å². The number of hydrogen-bond donors (Lipinski definition) is 1. The average Bonchev–Trinajstić information content (AvgIpc) is 2.83. The van der Waals surface area contributed by atoms with E-state index in [1.54, 1.807) is 11.0 Å². The molecule has 34 heavy (non-hydrogen) atoms. The lowest BCUT2D eigenvalue weighted by Gasteiger charge is -2.31. The van der Waals surface area contributed by atoms with Crippen LogP contribution in [0.3, 0.4) is 0 Å². The molecule has 186 valence electrons. The van der Waals surface area contributed by atoms with Crippen molar-refractivity contribution in [2.24, 2.45) is 0 Å². The lowest BCUT2D eigenvalue weighted by atomic mass is 10.1. The summed E-state index contributed by atoms with van der Waals surface area (Å²) in [7, 11) is 0. The SMILES string of the molecule is CCCNC(=O)C(CC)N(Cc1ccccc1Cl)C(=O)CCc1ccc(OCC)c(OCC)c1. The summed E-state index contributed by atoms with van der Waals surface area (Å²) in [6.07, 6.45) is 2.14. The lowest BCUT2D eigenvalue weighted by molar-refractivity contribution is -0.141. The topological polar surface area (TPSA) is 67.9 Å². The third-order valence-corrected chi connectivity index (χ3v) is 5.84. The normalized spacial score (nSPS) is 11.6. The summed E-state index contributed by atoms with van der Waals surface area (Å²) in [5.74, 6) is 1.14. The smallest absolute Gasteiger partial charge is 0.242 e. The van der Waals surface area contributed by atoms with Crippen LogP contribution >= 0.6 is 11.6 Å². The van der Waals surface area contributed by atoms with Crippen LogP contribution in [-0.4, -0.2) is 42.5 Å². The first kappa shape index (κ1) is 27.5. The molecule has 0 aromatic heterocycles. The number of hydrogen-bond acceptors (Lipinski definition) is 4. The molecular formula is C27H37ClN2O4. The van der Waals surface area contributed by atoms with Crippen LogP contribution in [0.1, 0.15) is 58.1 Å². The molecular weight excluding hydrogens is 452 g/mol. The van der Waals surface area contributed by atoms with Gasteiger partial charge in [0.25, 0.3) is 0 Å². The molecule has 2 aromatic rings. The van der Waals surface area contributed by atoms with Crippen LogP contribution in [0.4, 0.5) is 0 Å². The predicted octanol–water partition coefficient (Wildman–Crippen LogP) is 5.40. The summed E-state index contributed by atoms with van der Waals surface area (Å²) in [6, 6.07) is 12.6. The van der Waals surface area contributed by atoms with E-state index >= 15 is 0 Å². The fourth-order valence-corrected chi connectivity index (χ4v) is 3.94. The monoisotopic (exact) mass is 488 g/mol. The van der Waals surface area contributed by atoms with Gasteiger partial charge in [-0.3, -0.25) is 9.59 Å². The third kappa shape index (κ3) is 7.94. The summed E-state index contributed by atoms with van der Waals surface area (Å²) >= 11 is 6.38. The minimum atomic E-state index is -0.561. The number of benzene rings is 2. The van der Waals surface area contributed by atoms with Gasteiger partial charge in [-0.2, -0.15) is 0 Å². The molecule has 0 saturated heterocycles. The van der Waals surface area contributed by atoms with E-state index in [1.165, 1.54) is 0 Å². The largest absolute Gasteiger partial charge is 0.490 e. The van der Waals surface area contributed by atoms with Gasteiger partial charge in [0, 0.05) is 24.5 Å². The number of ether oxygens (including phenoxy) is 2. The molecule has 0 bridgehead atoms. The third-order valence-electron chi connectivity index (χ3n) is 5.47. The van der Waals surface area contributed by atoms with E-state index in [0.717, 1.165) is 17.5 Å². The molecule has 0 aliphatic rings. The molecule has 0 aliphatic carbocycles. The molecule has 2 aromatic carbocycles. The highest BCUT2D eigenvalue weighted by Gasteiger charge is 2.28. The van der Waals surface area contributed by atoms with Crippen molar-refractivity contribution in [3.63, 3.8) is 0 Å². The van der Waals surface area contributed by atoms with Crippen LogP contribution in [0.5, 0.6) is 11.5 Å². The number of rotatable bonds is 14. The Morgan fingerprint density at radius 2 is 1.71 bits per heavy atom. The van der Waals surface area contributed by atoms with E-state index in [2.05, 4.69) is 5.32 Å². The highest BCUT2D eigenvalue weighted by Crippen LogP contribution is 2.29. The van der Waals surface area contributed by atoms with Crippen molar-refractivity contribution in [1.82, 2.24) is 10.2 Å². The first-order valence-corrected chi connectivity index (χ1v) is 12.5. The number of nitrogens with one attached hydrogen (secondary N) is 1. The zero-order valence-corrected chi connectivity index (χ0v) is 21.5. The maximum atomic E-state index is 13.4. The predicted molar refractivity (Wildman–Crippen MR) is 136 cm³/mol. The number of carbonyl (C=O) groups is 2. The average molecular weight is 489 g/mol. The first-order valence-electron chi connectivity index (χ1n) is 12.1. The van der Waals surface area contributed by atoms with Gasteiger partial charge in [0.15, 0.2) is 11.5 Å². The van der Waals surface area contributed by atoms with E-state index in [9.17, 15) is 9.59 Å². The van der Waals surface area contributed by atoms with E-state index < -0.39 is 6.04 Å². The van der Waals surface area contributed by atoms with Gasteiger partial charge in [0.1, 0.15) is 6.04 Å². The zero-order valence-electron chi connectivity index (χ0n) is 20.7. The minimum absolute atomic E-state index is 0.0923. The van der Waals surface area contributed by atoms with Crippen LogP contribution in [-0.2, 0) is 22.6 Å². The van der Waals surface area contributed by atoms with Crippen LogP contribution < -0.4 is 14.8 Å². The Labute approximate surface area is 208 Å². The Hall–Kier alpha value is -2.73. The fraction of sp³-hybridized carbons (Fsp3) is 0.481. The Morgan fingerprint density at radius 3 is 2.35 bits per heavy atom. The number of amides is 2. The molecule has 0 heterocycles. The van der Waals surface area contributed by atoms with Gasteiger partial charge in [-0.1, -0.05) is 49.7 Å². The van der Waals surface area contributed by atoms with Gasteiger partial charge in [0.2, 0.25) is 11.8 Å². The molecule has 6 nitrogen and oxygen atoms in total. The van der Waals surface area contributed by atoms with Crippen molar-refractivity contribution in [3.05, 3.63) is 58.6 Å². The molecule has 0 fully saturated rings. The molecule has 1 unspecified atom stereocenters. The minimum Gasteiger partial charge on any atom is -0.490 e. The first-order chi connectivity index (χ1) is 16.4. The molecule has 2 rings (SSSR count). The molecule has 0 radical (unpaired) electrons. The van der Waals surface area contributed by atoms with Crippen molar-refractivity contribution in [1.29, 1.82) is 0 Å². The number of carbonyl (C=O) groups excluding carboxylic acids is 2. The second-order valence-corrected chi connectivity index (χ2v) is 8.38. The summed E-state index contributed by atoms with van der Waals surface area (Å²) in [5.41, 5.74) is 1.79. The standard InChI is InChI=1S/C27H37ClN2O4/c1-5-17-29-27(32)23(6-2)30(19-21-11-9-10-12-22(21)28)26(31)16-14-20-13-15-24(33-7-3)25(18-20)34-8-4/h9-13,15,18,23H,5-8,14,16-17,19H2,1-4H3,(H,29,32).